The minimum Gasteiger partial charge on any atom is -0.489 e. The second kappa shape index (κ2) is 55.1. The molecule has 0 aliphatic carbocycles. The summed E-state index contributed by atoms with van der Waals surface area (Å²) >= 11 is 44.2. The number of benzene rings is 11. The van der Waals surface area contributed by atoms with Gasteiger partial charge in [-0.1, -0.05) is 198 Å². The van der Waals surface area contributed by atoms with Crippen molar-refractivity contribution in [2.45, 2.75) is 77.4 Å². The van der Waals surface area contributed by atoms with Crippen LogP contribution in [0, 0.1) is 34.9 Å². The van der Waals surface area contributed by atoms with Crippen molar-refractivity contribution in [3.63, 3.8) is 0 Å². The third kappa shape index (κ3) is 36.6. The van der Waals surface area contributed by atoms with Gasteiger partial charge in [-0.05, 0) is 298 Å². The van der Waals surface area contributed by atoms with Crippen LogP contribution in [0.5, 0.6) is 28.7 Å². The predicted octanol–water partition coefficient (Wildman–Crippen LogP) is 24.1. The molecule has 0 atom stereocenters. The number of hydrazone groups is 5. The number of thiocarbonyl (C=S) groups is 5. The number of halogens is 8. The zero-order valence-electron chi connectivity index (χ0n) is 69.8. The number of sulfone groups is 1. The quantitative estimate of drug-likeness (QED) is 0.0141. The van der Waals surface area contributed by atoms with Crippen molar-refractivity contribution < 1.29 is 58.4 Å². The van der Waals surface area contributed by atoms with E-state index < -0.39 is 44.7 Å². The van der Waals surface area contributed by atoms with Gasteiger partial charge in [0, 0.05) is 11.6 Å². The van der Waals surface area contributed by atoms with Crippen LogP contribution in [0.15, 0.2) is 284 Å². The Morgan fingerprint density at radius 3 is 0.969 bits per heavy atom. The molecule has 0 radical (unpaired) electrons. The molecule has 17 nitrogen and oxygen atoms in total. The van der Waals surface area contributed by atoms with E-state index in [4.69, 9.17) is 108 Å². The van der Waals surface area contributed by atoms with Gasteiger partial charge in [-0.3, -0.25) is 27.1 Å². The SMILES string of the molecule is CSC(=S)N/N=C(\C)c1ccc(OCc2c(F)cccc2F)cc1.CSC(=S)N/N=C(\C)c1ccc(OCc2cc(F)cc(F)c2)cc1.CSC(=S)N/N=C(\C)c1ccc(OCc2ccc(Cl)c(Cl)c2)cc1.CSC(=S)N/N=C(\C)c1ccc(OCc2ccc(S(=O)(=O)c3ccccc3)cc2)cc1.CSC(=S)N/N=C(\C)c1ccc(OCc2cccc(F)c2F)cc1. The molecule has 0 aliphatic rings. The van der Waals surface area contributed by atoms with E-state index in [9.17, 15) is 34.8 Å². The topological polar surface area (TPSA) is 202 Å². The minimum atomic E-state index is -3.51. The fourth-order valence-electron chi connectivity index (χ4n) is 10.1. The van der Waals surface area contributed by atoms with Crippen LogP contribution in [-0.2, 0) is 42.9 Å². The molecule has 0 aromatic heterocycles. The zero-order valence-corrected chi connectivity index (χ0v) is 80.3. The Hall–Kier alpha value is -9.92. The fourth-order valence-corrected chi connectivity index (χ4v) is 12.6. The lowest BCUT2D eigenvalue weighted by Gasteiger charge is -2.09. The maximum atomic E-state index is 13.6. The third-order valence-corrected chi connectivity index (χ3v) is 24.9. The average Bonchev–Trinajstić information content (AvgIpc) is 0.805. The van der Waals surface area contributed by atoms with Crippen molar-refractivity contribution in [1.29, 1.82) is 0 Å². The highest BCUT2D eigenvalue weighted by atomic mass is 35.5. The highest BCUT2D eigenvalue weighted by Crippen LogP contribution is 2.27. The Balaban J connectivity index is 0.000000219. The molecule has 127 heavy (non-hydrogen) atoms. The van der Waals surface area contributed by atoms with E-state index in [0.717, 1.165) is 85.4 Å². The molecule has 0 unspecified atom stereocenters. The molecule has 664 valence electrons. The number of rotatable bonds is 27. The molecule has 0 bridgehead atoms. The summed E-state index contributed by atoms with van der Waals surface area (Å²) < 4.78 is 136. The summed E-state index contributed by atoms with van der Waals surface area (Å²) in [6, 6.07) is 68.4. The molecule has 0 spiro atoms. The van der Waals surface area contributed by atoms with E-state index in [1.807, 2.05) is 157 Å². The second-order valence-corrected chi connectivity index (χ2v) is 36.1. The highest BCUT2D eigenvalue weighted by molar-refractivity contribution is 8.23. The van der Waals surface area contributed by atoms with Gasteiger partial charge in [0.15, 0.2) is 33.2 Å². The van der Waals surface area contributed by atoms with Crippen LogP contribution in [0.25, 0.3) is 0 Å². The summed E-state index contributed by atoms with van der Waals surface area (Å²) in [6.07, 6.45) is 9.40. The van der Waals surface area contributed by atoms with Crippen molar-refractivity contribution in [3.8, 4) is 28.7 Å². The van der Waals surface area contributed by atoms with Crippen LogP contribution in [-0.4, -0.2) is 89.9 Å². The van der Waals surface area contributed by atoms with Gasteiger partial charge in [0.1, 0.15) is 85.1 Å². The van der Waals surface area contributed by atoms with Crippen molar-refractivity contribution in [2.24, 2.45) is 25.5 Å². The Bertz CT molecular complexity index is 5750. The van der Waals surface area contributed by atoms with Crippen LogP contribution in [0.4, 0.5) is 26.3 Å². The smallest absolute Gasteiger partial charge is 0.206 e. The number of hydrogen-bond donors (Lipinski definition) is 5. The van der Waals surface area contributed by atoms with E-state index in [-0.39, 0.29) is 40.7 Å². The predicted molar refractivity (Wildman–Crippen MR) is 535 cm³/mol. The van der Waals surface area contributed by atoms with E-state index in [1.54, 1.807) is 103 Å². The molecule has 36 heteroatoms. The van der Waals surface area contributed by atoms with Crippen LogP contribution in [0.2, 0.25) is 10.0 Å². The lowest BCUT2D eigenvalue weighted by Crippen LogP contribution is -2.13. The van der Waals surface area contributed by atoms with Crippen molar-refractivity contribution in [2.75, 3.05) is 31.3 Å². The molecule has 0 saturated carbocycles. The summed E-state index contributed by atoms with van der Waals surface area (Å²) in [6.45, 7) is 10.0. The number of nitrogens with zero attached hydrogens (tertiary/aromatic N) is 5. The Labute approximate surface area is 793 Å². The summed E-state index contributed by atoms with van der Waals surface area (Å²) in [5.74, 6) is -1.08. The Morgan fingerprint density at radius 2 is 0.622 bits per heavy atom. The average molecular weight is 1970 g/mol. The zero-order chi connectivity index (χ0) is 92.4. The molecular weight excluding hydrogens is 1880 g/mol. The molecule has 0 heterocycles. The summed E-state index contributed by atoms with van der Waals surface area (Å²) in [5.41, 5.74) is 25.0. The molecule has 11 rings (SSSR count). The normalized spacial score (nSPS) is 11.4. The molecule has 0 aliphatic heterocycles. The lowest BCUT2D eigenvalue weighted by molar-refractivity contribution is 0.292. The number of hydrogen-bond acceptors (Lipinski definition) is 22. The fraction of sp³-hybridized carbons (Fsp3) is 0.165. The van der Waals surface area contributed by atoms with Gasteiger partial charge in [0.25, 0.3) is 0 Å². The van der Waals surface area contributed by atoms with Crippen LogP contribution >= 0.6 is 143 Å². The molecule has 0 amide bonds. The van der Waals surface area contributed by atoms with E-state index >= 15 is 0 Å². The van der Waals surface area contributed by atoms with E-state index in [2.05, 4.69) is 52.6 Å². The van der Waals surface area contributed by atoms with Crippen molar-refractivity contribution >= 4 is 203 Å². The summed E-state index contributed by atoms with van der Waals surface area (Å²) in [4.78, 5) is 0.541. The highest BCUT2D eigenvalue weighted by Gasteiger charge is 2.18. The first-order valence-corrected chi connectivity index (χ1v) is 48.0. The van der Waals surface area contributed by atoms with Gasteiger partial charge >= 0.3 is 0 Å². The molecule has 0 fully saturated rings. The number of nitrogens with one attached hydrogen (secondary N) is 5. The Kier molecular flexibility index (Phi) is 45.2. The second-order valence-electron chi connectivity index (χ2n) is 26.0. The Morgan fingerprint density at radius 1 is 0.323 bits per heavy atom. The lowest BCUT2D eigenvalue weighted by atomic mass is 10.1. The monoisotopic (exact) mass is 1970 g/mol. The minimum absolute atomic E-state index is 0.0421. The third-order valence-electron chi connectivity index (χ3n) is 17.1. The first-order valence-electron chi connectivity index (χ1n) is 37.6. The molecule has 11 aromatic carbocycles. The van der Waals surface area contributed by atoms with Crippen molar-refractivity contribution in [1.82, 2.24) is 27.1 Å². The van der Waals surface area contributed by atoms with Gasteiger partial charge in [0.05, 0.1) is 54.0 Å². The largest absolute Gasteiger partial charge is 0.489 e. The van der Waals surface area contributed by atoms with Crippen LogP contribution < -0.4 is 50.8 Å². The molecule has 5 N–H and O–H groups in total. The molecule has 11 aromatic rings. The number of thioether (sulfide) groups is 5. The van der Waals surface area contributed by atoms with Gasteiger partial charge in [0.2, 0.25) is 9.84 Å². The van der Waals surface area contributed by atoms with Crippen LogP contribution in [0.3, 0.4) is 0 Å². The summed E-state index contributed by atoms with van der Waals surface area (Å²) in [5, 5.41) is 22.1. The van der Waals surface area contributed by atoms with E-state index in [0.29, 0.717) is 73.4 Å². The van der Waals surface area contributed by atoms with Gasteiger partial charge in [-0.2, -0.15) is 25.5 Å². The first kappa shape index (κ1) is 104. The molecular formula is C91H86Cl2F6N10O7S11. The van der Waals surface area contributed by atoms with E-state index in [1.165, 1.54) is 101 Å². The van der Waals surface area contributed by atoms with Crippen molar-refractivity contribution in [3.05, 3.63) is 349 Å². The number of ether oxygens (including phenoxy) is 5. The first-order chi connectivity index (χ1) is 60.9. The summed E-state index contributed by atoms with van der Waals surface area (Å²) in [7, 11) is -3.51. The van der Waals surface area contributed by atoms with Gasteiger partial charge < -0.3 is 23.7 Å². The van der Waals surface area contributed by atoms with Crippen LogP contribution in [0.1, 0.15) is 90.3 Å². The maximum absolute atomic E-state index is 13.6. The molecule has 0 saturated heterocycles. The maximum Gasteiger partial charge on any atom is 0.206 e. The standard InChI is InChI=1S/C23H22N2O3S3.C17H16Cl2N2OS2.3C17H16F2N2OS2/c1-17(24-25-23(29)30-2)19-10-12-20(13-11-19)28-16-18-8-14-22(15-9-18)31(26,27)21-6-4-3-5-7-21;1-11(20-21-17(23)24-2)13-4-6-14(7-5-13)22-10-12-3-8-15(18)16(19)9-12;1-11(20-21-17(23)24-2)13-3-5-16(6-4-13)22-10-12-7-14(18)9-15(19)8-12;1-11(20-21-17(23)24-2)12-6-8-13(9-7-12)22-10-14-15(18)4-3-5-16(14)19;1-11(20-21-17(23)24-2)12-6-8-14(9-7-12)22-10-13-4-3-5-15(18)16(13)19/h3-15H,16H2,1-2H3,(H,25,29);4*3-9H,10H2,1-2H3,(H,21,23)/b24-17+;4*20-11+. The van der Waals surface area contributed by atoms with Gasteiger partial charge in [-0.15, -0.1) is 0 Å². The van der Waals surface area contributed by atoms with Gasteiger partial charge in [-0.25, -0.2) is 34.8 Å².